The minimum absolute atomic E-state index is 0.299. The van der Waals surface area contributed by atoms with Gasteiger partial charge in [-0.25, -0.2) is 4.79 Å². The molecule has 2 N–H and O–H groups in total. The van der Waals surface area contributed by atoms with Crippen molar-refractivity contribution in [2.75, 3.05) is 6.54 Å². The molecule has 0 saturated carbocycles. The molecule has 18 heavy (non-hydrogen) atoms. The zero-order valence-corrected chi connectivity index (χ0v) is 11.6. The van der Waals surface area contributed by atoms with E-state index in [0.29, 0.717) is 12.4 Å². The maximum absolute atomic E-state index is 11.7. The van der Waals surface area contributed by atoms with E-state index in [9.17, 15) is 4.79 Å². The number of urea groups is 1. The number of nitrogens with zero attached hydrogens (tertiary/aromatic N) is 2. The monoisotopic (exact) mass is 307 g/mol. The molecule has 1 aliphatic heterocycles. The number of rotatable bonds is 3. The van der Waals surface area contributed by atoms with Gasteiger partial charge in [0.15, 0.2) is 0 Å². The molecule has 0 saturated heterocycles. The first-order valence-electron chi connectivity index (χ1n) is 5.56. The second-order valence-corrected chi connectivity index (χ2v) is 5.03. The summed E-state index contributed by atoms with van der Waals surface area (Å²) in [6.07, 6.45) is 1.67. The molecule has 2 rings (SSSR count). The van der Waals surface area contributed by atoms with Crippen molar-refractivity contribution in [2.24, 2.45) is 10.7 Å². The molecule has 0 aromatic heterocycles. The lowest BCUT2D eigenvalue weighted by Gasteiger charge is -2.23. The summed E-state index contributed by atoms with van der Waals surface area (Å²) in [6.45, 7) is 6.08. The largest absolute Gasteiger partial charge is 0.385 e. The highest BCUT2D eigenvalue weighted by atomic mass is 79.9. The van der Waals surface area contributed by atoms with Gasteiger partial charge in [0.2, 0.25) is 0 Å². The number of amidine groups is 1. The topological polar surface area (TPSA) is 58.7 Å². The summed E-state index contributed by atoms with van der Waals surface area (Å²) in [5.74, 6) is 0.331. The molecule has 1 unspecified atom stereocenters. The SMILES string of the molecule is C=CCN1C(=O)N=C(N)C1c1ccc(C)c(Br)c1. The molecule has 1 aromatic rings. The Bertz CT molecular complexity index is 539. The molecule has 2 amide bonds. The molecule has 1 heterocycles. The fraction of sp³-hybridized carbons (Fsp3) is 0.231. The van der Waals surface area contributed by atoms with E-state index >= 15 is 0 Å². The molecule has 1 atom stereocenters. The standard InChI is InChI=1S/C13H14BrN3O/c1-3-6-17-11(12(15)16-13(17)18)9-5-4-8(2)10(14)7-9/h3-5,7,11H,1,6H2,2H3,(H2,15,16,18). The van der Waals surface area contributed by atoms with Gasteiger partial charge in [0.1, 0.15) is 11.9 Å². The molecule has 0 aliphatic carbocycles. The number of amides is 2. The van der Waals surface area contributed by atoms with E-state index < -0.39 is 0 Å². The Balaban J connectivity index is 2.40. The molecular formula is C13H14BrN3O. The second kappa shape index (κ2) is 4.94. The average molecular weight is 308 g/mol. The van der Waals surface area contributed by atoms with E-state index in [-0.39, 0.29) is 12.1 Å². The first-order chi connectivity index (χ1) is 8.54. The van der Waals surface area contributed by atoms with Crippen molar-refractivity contribution in [3.05, 3.63) is 46.5 Å². The Morgan fingerprint density at radius 3 is 2.94 bits per heavy atom. The third-order valence-electron chi connectivity index (χ3n) is 2.90. The highest BCUT2D eigenvalue weighted by Crippen LogP contribution is 2.29. The summed E-state index contributed by atoms with van der Waals surface area (Å²) in [7, 11) is 0. The summed E-state index contributed by atoms with van der Waals surface area (Å²) < 4.78 is 0.991. The van der Waals surface area contributed by atoms with Gasteiger partial charge < -0.3 is 10.6 Å². The van der Waals surface area contributed by atoms with Crippen molar-refractivity contribution in [1.29, 1.82) is 0 Å². The van der Waals surface area contributed by atoms with Crippen LogP contribution in [0.4, 0.5) is 4.79 Å². The van der Waals surface area contributed by atoms with E-state index in [4.69, 9.17) is 5.73 Å². The van der Waals surface area contributed by atoms with E-state index in [1.165, 1.54) is 0 Å². The Hall–Kier alpha value is -1.62. The molecule has 0 fully saturated rings. The van der Waals surface area contributed by atoms with Crippen LogP contribution in [-0.2, 0) is 0 Å². The van der Waals surface area contributed by atoms with Crippen LogP contribution in [0.2, 0.25) is 0 Å². The van der Waals surface area contributed by atoms with Crippen LogP contribution in [-0.4, -0.2) is 23.3 Å². The predicted molar refractivity (Wildman–Crippen MR) is 75.5 cm³/mol. The molecule has 94 valence electrons. The van der Waals surface area contributed by atoms with Crippen LogP contribution in [0.5, 0.6) is 0 Å². The summed E-state index contributed by atoms with van der Waals surface area (Å²) in [4.78, 5) is 17.1. The first kappa shape index (κ1) is 12.8. The van der Waals surface area contributed by atoms with E-state index in [1.54, 1.807) is 11.0 Å². The fourth-order valence-electron chi connectivity index (χ4n) is 1.96. The van der Waals surface area contributed by atoms with Gasteiger partial charge in [0, 0.05) is 11.0 Å². The van der Waals surface area contributed by atoms with Crippen molar-refractivity contribution in [2.45, 2.75) is 13.0 Å². The molecule has 0 radical (unpaired) electrons. The van der Waals surface area contributed by atoms with E-state index in [0.717, 1.165) is 15.6 Å². The van der Waals surface area contributed by atoms with Crippen LogP contribution in [0, 0.1) is 6.92 Å². The molecule has 4 nitrogen and oxygen atoms in total. The number of hydrogen-bond donors (Lipinski definition) is 1. The molecular weight excluding hydrogens is 294 g/mol. The van der Waals surface area contributed by atoms with Gasteiger partial charge in [-0.3, -0.25) is 0 Å². The van der Waals surface area contributed by atoms with Gasteiger partial charge in [0.25, 0.3) is 0 Å². The van der Waals surface area contributed by atoms with Crippen LogP contribution in [0.1, 0.15) is 17.2 Å². The van der Waals surface area contributed by atoms with Gasteiger partial charge in [0.05, 0.1) is 0 Å². The Morgan fingerprint density at radius 2 is 2.33 bits per heavy atom. The molecule has 0 bridgehead atoms. The fourth-order valence-corrected chi connectivity index (χ4v) is 2.35. The molecule has 5 heteroatoms. The number of carbonyl (C=O) groups excluding carboxylic acids is 1. The van der Waals surface area contributed by atoms with Gasteiger partial charge in [-0.05, 0) is 24.1 Å². The molecule has 1 aromatic carbocycles. The number of benzene rings is 1. The number of aliphatic imine (C=N–C) groups is 1. The number of aryl methyl sites for hydroxylation is 1. The minimum atomic E-state index is -0.311. The van der Waals surface area contributed by atoms with Crippen molar-refractivity contribution in [3.8, 4) is 0 Å². The zero-order valence-electron chi connectivity index (χ0n) is 10.1. The van der Waals surface area contributed by atoms with E-state index in [1.807, 2.05) is 25.1 Å². The van der Waals surface area contributed by atoms with E-state index in [2.05, 4.69) is 27.5 Å². The Kier molecular flexibility index (Phi) is 3.52. The lowest BCUT2D eigenvalue weighted by Crippen LogP contribution is -2.33. The maximum Gasteiger partial charge on any atom is 0.346 e. The highest BCUT2D eigenvalue weighted by molar-refractivity contribution is 9.10. The average Bonchev–Trinajstić information content (AvgIpc) is 2.59. The summed E-state index contributed by atoms with van der Waals surface area (Å²) in [5, 5.41) is 0. The summed E-state index contributed by atoms with van der Waals surface area (Å²) >= 11 is 3.48. The van der Waals surface area contributed by atoms with Gasteiger partial charge in [-0.1, -0.05) is 34.1 Å². The number of nitrogens with two attached hydrogens (primary N) is 1. The summed E-state index contributed by atoms with van der Waals surface area (Å²) in [6, 6.07) is 5.31. The van der Waals surface area contributed by atoms with Crippen LogP contribution in [0.25, 0.3) is 0 Å². The van der Waals surface area contributed by atoms with Gasteiger partial charge in [-0.15, -0.1) is 6.58 Å². The quantitative estimate of drug-likeness (QED) is 0.873. The first-order valence-corrected chi connectivity index (χ1v) is 6.35. The van der Waals surface area contributed by atoms with Crippen LogP contribution in [0.3, 0.4) is 0 Å². The van der Waals surface area contributed by atoms with Crippen molar-refractivity contribution in [3.63, 3.8) is 0 Å². The summed E-state index contributed by atoms with van der Waals surface area (Å²) in [5.41, 5.74) is 7.93. The molecule has 1 aliphatic rings. The second-order valence-electron chi connectivity index (χ2n) is 4.17. The third-order valence-corrected chi connectivity index (χ3v) is 3.75. The Morgan fingerprint density at radius 1 is 1.61 bits per heavy atom. The predicted octanol–water partition coefficient (Wildman–Crippen LogP) is 2.78. The lowest BCUT2D eigenvalue weighted by molar-refractivity contribution is 0.213. The van der Waals surface area contributed by atoms with Gasteiger partial charge >= 0.3 is 6.03 Å². The van der Waals surface area contributed by atoms with Gasteiger partial charge in [-0.2, -0.15) is 4.99 Å². The smallest absolute Gasteiger partial charge is 0.346 e. The number of hydrogen-bond acceptors (Lipinski definition) is 2. The van der Waals surface area contributed by atoms with Crippen LogP contribution in [0.15, 0.2) is 40.3 Å². The maximum atomic E-state index is 11.7. The number of carbonyl (C=O) groups is 1. The van der Waals surface area contributed by atoms with Crippen molar-refractivity contribution >= 4 is 27.8 Å². The lowest BCUT2D eigenvalue weighted by atomic mass is 10.0. The van der Waals surface area contributed by atoms with Crippen molar-refractivity contribution < 1.29 is 4.79 Å². The molecule has 0 spiro atoms. The third kappa shape index (κ3) is 2.18. The normalized spacial score (nSPS) is 19.0. The van der Waals surface area contributed by atoms with Crippen LogP contribution < -0.4 is 5.73 Å². The van der Waals surface area contributed by atoms with Crippen molar-refractivity contribution in [1.82, 2.24) is 4.90 Å². The highest BCUT2D eigenvalue weighted by Gasteiger charge is 2.33. The number of halogens is 1. The van der Waals surface area contributed by atoms with Crippen LogP contribution >= 0.6 is 15.9 Å². The Labute approximate surface area is 114 Å². The zero-order chi connectivity index (χ0) is 13.3. The minimum Gasteiger partial charge on any atom is -0.385 e.